The summed E-state index contributed by atoms with van der Waals surface area (Å²) in [6.45, 7) is 17.5. The monoisotopic (exact) mass is 516 g/mol. The van der Waals surface area contributed by atoms with E-state index in [2.05, 4.69) is 91.8 Å². The van der Waals surface area contributed by atoms with E-state index < -0.39 is 0 Å². The van der Waals surface area contributed by atoms with Gasteiger partial charge >= 0.3 is 0 Å². The summed E-state index contributed by atoms with van der Waals surface area (Å²) in [5.41, 5.74) is 8.26. The van der Waals surface area contributed by atoms with Crippen LogP contribution in [0.15, 0.2) is 69.9 Å². The van der Waals surface area contributed by atoms with Crippen molar-refractivity contribution in [3.63, 3.8) is 0 Å². The molecular formula is C36H52O2. The number of hydrogen-bond donors (Lipinski definition) is 0. The standard InChI is InChI=1S/C36H52O2/c1-23(2)11-9-13-25(5)15-19-29-27(7)18-22-32-33(29)31-21-17-28(8)30(34(31)36(38)35(32)37)20-16-26(6)14-10-12-24(3)4/h11-12,15-18,29-34H,9-10,13-14,19-22H2,1-8H3. The summed E-state index contributed by atoms with van der Waals surface area (Å²) in [7, 11) is 0. The van der Waals surface area contributed by atoms with Gasteiger partial charge in [-0.15, -0.1) is 0 Å². The molecule has 3 rings (SSSR count). The Kier molecular flexibility index (Phi) is 10.9. The first-order valence-corrected chi connectivity index (χ1v) is 15.0. The van der Waals surface area contributed by atoms with Crippen LogP contribution in [0.25, 0.3) is 0 Å². The average Bonchev–Trinajstić information content (AvgIpc) is 2.85. The number of ketones is 2. The van der Waals surface area contributed by atoms with E-state index in [1.807, 2.05) is 0 Å². The van der Waals surface area contributed by atoms with Gasteiger partial charge in [-0.05, 0) is 130 Å². The maximum absolute atomic E-state index is 13.6. The summed E-state index contributed by atoms with van der Waals surface area (Å²) in [6, 6.07) is 0. The van der Waals surface area contributed by atoms with E-state index in [1.54, 1.807) is 0 Å². The number of rotatable bonds is 10. The highest BCUT2D eigenvalue weighted by molar-refractivity contribution is 6.39. The van der Waals surface area contributed by atoms with Crippen LogP contribution in [0, 0.1) is 35.5 Å². The maximum atomic E-state index is 13.6. The summed E-state index contributed by atoms with van der Waals surface area (Å²) in [5.74, 6) is 0.584. The molecule has 2 nitrogen and oxygen atoms in total. The summed E-state index contributed by atoms with van der Waals surface area (Å²) < 4.78 is 0. The molecular weight excluding hydrogens is 464 g/mol. The third-order valence-corrected chi connectivity index (χ3v) is 9.40. The Bertz CT molecular complexity index is 1060. The molecule has 2 heteroatoms. The third kappa shape index (κ3) is 7.45. The number of carbonyl (C=O) groups is 2. The lowest BCUT2D eigenvalue weighted by atomic mass is 9.51. The SMILES string of the molecule is CC(C)=CCCC(C)=CCC1C(C)=CCC2C1C(=O)C(=O)C1CC=C(C)C(CC=C(C)CCC=C(C)C)C12. The summed E-state index contributed by atoms with van der Waals surface area (Å²) in [5, 5.41) is 0. The molecule has 0 spiro atoms. The number of hydrogen-bond acceptors (Lipinski definition) is 2. The molecule has 0 amide bonds. The molecule has 6 atom stereocenters. The minimum Gasteiger partial charge on any atom is -0.291 e. The van der Waals surface area contributed by atoms with Crippen LogP contribution in [-0.2, 0) is 9.59 Å². The van der Waals surface area contributed by atoms with Crippen LogP contribution in [0.5, 0.6) is 0 Å². The van der Waals surface area contributed by atoms with E-state index in [1.165, 1.54) is 33.4 Å². The second kappa shape index (κ2) is 13.7. The van der Waals surface area contributed by atoms with Gasteiger partial charge in [0.15, 0.2) is 0 Å². The molecule has 1 fully saturated rings. The van der Waals surface area contributed by atoms with Crippen molar-refractivity contribution in [3.8, 4) is 0 Å². The van der Waals surface area contributed by atoms with E-state index in [-0.39, 0.29) is 41.2 Å². The van der Waals surface area contributed by atoms with Crippen molar-refractivity contribution in [2.75, 3.05) is 0 Å². The van der Waals surface area contributed by atoms with Gasteiger partial charge in [0.25, 0.3) is 0 Å². The van der Waals surface area contributed by atoms with Gasteiger partial charge in [-0.1, -0.05) is 69.9 Å². The van der Waals surface area contributed by atoms with Crippen molar-refractivity contribution < 1.29 is 9.59 Å². The van der Waals surface area contributed by atoms with E-state index in [0.29, 0.717) is 5.92 Å². The molecule has 1 saturated carbocycles. The molecule has 38 heavy (non-hydrogen) atoms. The van der Waals surface area contributed by atoms with Crippen LogP contribution in [-0.4, -0.2) is 11.6 Å². The molecule has 0 aromatic carbocycles. The van der Waals surface area contributed by atoms with Gasteiger partial charge in [-0.25, -0.2) is 0 Å². The van der Waals surface area contributed by atoms with E-state index in [0.717, 1.165) is 51.4 Å². The molecule has 3 aliphatic rings. The van der Waals surface area contributed by atoms with Crippen LogP contribution in [0.1, 0.15) is 107 Å². The van der Waals surface area contributed by atoms with Crippen LogP contribution in [0.2, 0.25) is 0 Å². The van der Waals surface area contributed by atoms with Crippen molar-refractivity contribution in [2.24, 2.45) is 35.5 Å². The lowest BCUT2D eigenvalue weighted by molar-refractivity contribution is -0.152. The third-order valence-electron chi connectivity index (χ3n) is 9.40. The number of fused-ring (bicyclic) bond motifs is 3. The first-order chi connectivity index (χ1) is 18.0. The van der Waals surface area contributed by atoms with Gasteiger partial charge in [0, 0.05) is 11.8 Å². The lowest BCUT2D eigenvalue weighted by Crippen LogP contribution is -2.54. The highest BCUT2D eigenvalue weighted by atomic mass is 16.2. The second-order valence-corrected chi connectivity index (χ2v) is 12.9. The van der Waals surface area contributed by atoms with Crippen molar-refractivity contribution in [1.82, 2.24) is 0 Å². The maximum Gasteiger partial charge on any atom is 0.202 e. The Morgan fingerprint density at radius 2 is 1.21 bits per heavy atom. The zero-order valence-corrected chi connectivity index (χ0v) is 25.4. The van der Waals surface area contributed by atoms with Gasteiger partial charge in [0.05, 0.1) is 0 Å². The number of allylic oxidation sites excluding steroid dienone is 12. The first kappa shape index (κ1) is 30.3. The zero-order chi connectivity index (χ0) is 28.0. The quantitative estimate of drug-likeness (QED) is 0.214. The van der Waals surface area contributed by atoms with Crippen molar-refractivity contribution in [3.05, 3.63) is 69.9 Å². The highest BCUT2D eigenvalue weighted by Gasteiger charge is 2.55. The van der Waals surface area contributed by atoms with Gasteiger partial charge in [0.1, 0.15) is 0 Å². The summed E-state index contributed by atoms with van der Waals surface area (Å²) in [6.07, 6.45) is 21.8. The molecule has 0 heterocycles. The van der Waals surface area contributed by atoms with Crippen LogP contribution < -0.4 is 0 Å². The predicted molar refractivity (Wildman–Crippen MR) is 162 cm³/mol. The fourth-order valence-corrected chi connectivity index (χ4v) is 7.12. The van der Waals surface area contributed by atoms with Crippen molar-refractivity contribution in [1.29, 1.82) is 0 Å². The van der Waals surface area contributed by atoms with Gasteiger partial charge in [0.2, 0.25) is 11.6 Å². The van der Waals surface area contributed by atoms with Crippen LogP contribution in [0.3, 0.4) is 0 Å². The fraction of sp³-hybridized carbons (Fsp3) is 0.611. The Labute approximate surface area is 233 Å². The molecule has 0 radical (unpaired) electrons. The molecule has 0 aromatic heterocycles. The molecule has 208 valence electrons. The normalized spacial score (nSPS) is 29.7. The van der Waals surface area contributed by atoms with E-state index in [4.69, 9.17) is 0 Å². The molecule has 0 aromatic rings. The highest BCUT2D eigenvalue weighted by Crippen LogP contribution is 2.54. The molecule has 0 saturated heterocycles. The predicted octanol–water partition coefficient (Wildman–Crippen LogP) is 9.70. The van der Waals surface area contributed by atoms with Gasteiger partial charge < -0.3 is 0 Å². The Morgan fingerprint density at radius 3 is 1.76 bits per heavy atom. The first-order valence-electron chi connectivity index (χ1n) is 15.0. The van der Waals surface area contributed by atoms with Gasteiger partial charge in [-0.2, -0.15) is 0 Å². The van der Waals surface area contributed by atoms with Crippen molar-refractivity contribution in [2.45, 2.75) is 107 Å². The largest absolute Gasteiger partial charge is 0.291 e. The van der Waals surface area contributed by atoms with E-state index >= 15 is 0 Å². The Hall–Kier alpha value is -2.22. The summed E-state index contributed by atoms with van der Waals surface area (Å²) in [4.78, 5) is 27.2. The molecule has 3 aliphatic carbocycles. The molecule has 0 aliphatic heterocycles. The summed E-state index contributed by atoms with van der Waals surface area (Å²) >= 11 is 0. The minimum absolute atomic E-state index is 0.0792. The Morgan fingerprint density at radius 1 is 0.711 bits per heavy atom. The van der Waals surface area contributed by atoms with Crippen molar-refractivity contribution >= 4 is 11.6 Å². The lowest BCUT2D eigenvalue weighted by Gasteiger charge is -2.50. The fourth-order valence-electron chi connectivity index (χ4n) is 7.12. The van der Waals surface area contributed by atoms with E-state index in [9.17, 15) is 9.59 Å². The second-order valence-electron chi connectivity index (χ2n) is 12.9. The molecule has 0 N–H and O–H groups in total. The topological polar surface area (TPSA) is 34.1 Å². The minimum atomic E-state index is -0.160. The number of carbonyl (C=O) groups excluding carboxylic acids is 2. The zero-order valence-electron chi connectivity index (χ0n) is 25.4. The van der Waals surface area contributed by atoms with Gasteiger partial charge in [-0.3, -0.25) is 9.59 Å². The molecule has 0 bridgehead atoms. The Balaban J connectivity index is 1.83. The molecule has 6 unspecified atom stereocenters. The van der Waals surface area contributed by atoms with Crippen LogP contribution >= 0.6 is 0 Å². The van der Waals surface area contributed by atoms with Crippen LogP contribution in [0.4, 0.5) is 0 Å². The average molecular weight is 517 g/mol. The number of Topliss-reactive ketones (excluding diaryl/α,β-unsaturated/α-hetero) is 2. The smallest absolute Gasteiger partial charge is 0.202 e.